The van der Waals surface area contributed by atoms with Crippen LogP contribution in [0.25, 0.3) is 6.08 Å². The summed E-state index contributed by atoms with van der Waals surface area (Å²) in [5.41, 5.74) is -2.04. The lowest BCUT2D eigenvalue weighted by Gasteiger charge is -2.34. The van der Waals surface area contributed by atoms with Crippen LogP contribution < -0.4 is 0 Å². The number of carbonyl (C=O) groups is 1. The fourth-order valence-electron chi connectivity index (χ4n) is 5.45. The Kier molecular flexibility index (Phi) is 5.41. The number of hydrogen-bond donors (Lipinski definition) is 0. The molecule has 2 aliphatic rings. The van der Waals surface area contributed by atoms with Gasteiger partial charge in [0, 0.05) is 17.7 Å². The predicted molar refractivity (Wildman–Crippen MR) is 122 cm³/mol. The van der Waals surface area contributed by atoms with Crippen molar-refractivity contribution in [2.75, 3.05) is 0 Å². The molecule has 2 aliphatic heterocycles. The molecule has 0 unspecified atom stereocenters. The Labute approximate surface area is 204 Å². The van der Waals surface area contributed by atoms with Gasteiger partial charge in [-0.15, -0.1) is 0 Å². The zero-order valence-corrected chi connectivity index (χ0v) is 18.6. The molecule has 3 aromatic rings. The SMILES string of the molecule is N#CC1(C#N)[C@H](c2ccccc2C(F)(F)F)[C@@H](C(=O)c2ccc(F)cc2)N2C=Cc3ccccc3[C@@H]21. The highest BCUT2D eigenvalue weighted by molar-refractivity contribution is 6.01. The third-order valence-corrected chi connectivity index (χ3v) is 6.94. The van der Waals surface area contributed by atoms with Crippen LogP contribution in [0, 0.1) is 33.9 Å². The van der Waals surface area contributed by atoms with E-state index < -0.39 is 46.8 Å². The standard InChI is InChI=1S/C28H17F4N3O/c29-19-11-9-18(10-12-19)25(36)24-23(21-7-3-4-8-22(21)28(30,31)32)27(15-33,16-34)26-20-6-2-1-5-17(20)13-14-35(24)26/h1-14,23-24,26H/t23-,24+,26-/m1/s1. The minimum Gasteiger partial charge on any atom is -0.357 e. The van der Waals surface area contributed by atoms with Crippen molar-refractivity contribution >= 4 is 11.9 Å². The summed E-state index contributed by atoms with van der Waals surface area (Å²) in [7, 11) is 0. The van der Waals surface area contributed by atoms with Gasteiger partial charge in [0.15, 0.2) is 11.2 Å². The maximum Gasteiger partial charge on any atom is 0.416 e. The number of Topliss-reactive ketones (excluding diaryl/α,β-unsaturated/α-hetero) is 1. The van der Waals surface area contributed by atoms with Crippen molar-refractivity contribution < 1.29 is 22.4 Å². The molecule has 36 heavy (non-hydrogen) atoms. The number of nitriles is 2. The van der Waals surface area contributed by atoms with Gasteiger partial charge in [0.05, 0.1) is 23.7 Å². The van der Waals surface area contributed by atoms with Crippen LogP contribution in [0.5, 0.6) is 0 Å². The number of alkyl halides is 3. The lowest BCUT2D eigenvalue weighted by atomic mass is 9.66. The monoisotopic (exact) mass is 487 g/mol. The summed E-state index contributed by atoms with van der Waals surface area (Å²) < 4.78 is 56.0. The molecule has 2 heterocycles. The van der Waals surface area contributed by atoms with Gasteiger partial charge >= 0.3 is 6.18 Å². The van der Waals surface area contributed by atoms with Gasteiger partial charge in [-0.1, -0.05) is 42.5 Å². The molecule has 178 valence electrons. The van der Waals surface area contributed by atoms with Crippen molar-refractivity contribution in [1.29, 1.82) is 10.5 Å². The van der Waals surface area contributed by atoms with Crippen molar-refractivity contribution in [3.63, 3.8) is 0 Å². The van der Waals surface area contributed by atoms with E-state index in [4.69, 9.17) is 0 Å². The molecule has 5 rings (SSSR count). The van der Waals surface area contributed by atoms with Crippen LogP contribution in [0.1, 0.15) is 44.6 Å². The maximum atomic E-state index is 14.1. The van der Waals surface area contributed by atoms with Crippen LogP contribution in [0.3, 0.4) is 0 Å². The third kappa shape index (κ3) is 3.37. The molecule has 0 radical (unpaired) electrons. The first-order valence-electron chi connectivity index (χ1n) is 11.1. The smallest absolute Gasteiger partial charge is 0.357 e. The Morgan fingerprint density at radius 2 is 1.50 bits per heavy atom. The number of ketones is 1. The van der Waals surface area contributed by atoms with E-state index in [2.05, 4.69) is 0 Å². The maximum absolute atomic E-state index is 14.1. The topological polar surface area (TPSA) is 67.9 Å². The Morgan fingerprint density at radius 1 is 0.889 bits per heavy atom. The molecule has 0 aromatic heterocycles. The number of hydrogen-bond acceptors (Lipinski definition) is 4. The Morgan fingerprint density at radius 3 is 2.14 bits per heavy atom. The summed E-state index contributed by atoms with van der Waals surface area (Å²) in [6, 6.07) is 18.1. The highest BCUT2D eigenvalue weighted by atomic mass is 19.4. The van der Waals surface area contributed by atoms with Crippen molar-refractivity contribution in [3.05, 3.63) is 113 Å². The van der Waals surface area contributed by atoms with Crippen molar-refractivity contribution in [2.24, 2.45) is 5.41 Å². The fraction of sp³-hybridized carbons (Fsp3) is 0.179. The van der Waals surface area contributed by atoms with Crippen LogP contribution in [0.4, 0.5) is 17.6 Å². The van der Waals surface area contributed by atoms with Crippen molar-refractivity contribution in [3.8, 4) is 12.1 Å². The second-order valence-electron chi connectivity index (χ2n) is 8.77. The van der Waals surface area contributed by atoms with Crippen molar-refractivity contribution in [1.82, 2.24) is 4.90 Å². The number of benzene rings is 3. The molecule has 8 heteroatoms. The predicted octanol–water partition coefficient (Wildman–Crippen LogP) is 6.25. The number of fused-ring (bicyclic) bond motifs is 3. The molecule has 0 saturated carbocycles. The van der Waals surface area contributed by atoms with Gasteiger partial charge in [0.2, 0.25) is 0 Å². The van der Waals surface area contributed by atoms with E-state index in [-0.39, 0.29) is 11.1 Å². The summed E-state index contributed by atoms with van der Waals surface area (Å²) in [4.78, 5) is 15.4. The van der Waals surface area contributed by atoms with Crippen LogP contribution in [-0.2, 0) is 6.18 Å². The molecule has 0 spiro atoms. The molecular weight excluding hydrogens is 470 g/mol. The third-order valence-electron chi connectivity index (χ3n) is 6.94. The molecule has 0 bridgehead atoms. The largest absolute Gasteiger partial charge is 0.416 e. The van der Waals surface area contributed by atoms with Crippen molar-refractivity contribution in [2.45, 2.75) is 24.2 Å². The average Bonchev–Trinajstić information content (AvgIpc) is 3.19. The second-order valence-corrected chi connectivity index (χ2v) is 8.77. The number of carbonyl (C=O) groups excluding carboxylic acids is 1. The lowest BCUT2D eigenvalue weighted by Crippen LogP contribution is -2.38. The highest BCUT2D eigenvalue weighted by Crippen LogP contribution is 2.61. The first-order chi connectivity index (χ1) is 17.2. The van der Waals surface area contributed by atoms with Crippen LogP contribution in [0.15, 0.2) is 79.0 Å². The Balaban J connectivity index is 1.82. The lowest BCUT2D eigenvalue weighted by molar-refractivity contribution is -0.138. The molecule has 1 fully saturated rings. The zero-order chi connectivity index (χ0) is 25.7. The first kappa shape index (κ1) is 23.3. The van der Waals surface area contributed by atoms with E-state index >= 15 is 0 Å². The number of nitrogens with zero attached hydrogens (tertiary/aromatic N) is 3. The van der Waals surface area contributed by atoms with Gasteiger partial charge in [-0.25, -0.2) is 4.39 Å². The summed E-state index contributed by atoms with van der Waals surface area (Å²) in [5, 5.41) is 20.9. The van der Waals surface area contributed by atoms with E-state index in [1.54, 1.807) is 36.5 Å². The van der Waals surface area contributed by atoms with Gasteiger partial charge < -0.3 is 4.90 Å². The van der Waals surface area contributed by atoms with E-state index in [9.17, 15) is 32.9 Å². The van der Waals surface area contributed by atoms with Gasteiger partial charge in [-0.2, -0.15) is 23.7 Å². The van der Waals surface area contributed by atoms with E-state index in [1.807, 2.05) is 12.1 Å². The fourth-order valence-corrected chi connectivity index (χ4v) is 5.45. The second kappa shape index (κ2) is 8.35. The molecular formula is C28H17F4N3O. The zero-order valence-electron chi connectivity index (χ0n) is 18.6. The van der Waals surface area contributed by atoms with Gasteiger partial charge in [-0.3, -0.25) is 4.79 Å². The van der Waals surface area contributed by atoms with Crippen LogP contribution in [0.2, 0.25) is 0 Å². The average molecular weight is 487 g/mol. The van der Waals surface area contributed by atoms with E-state index in [0.717, 1.165) is 18.2 Å². The van der Waals surface area contributed by atoms with Crippen LogP contribution in [-0.4, -0.2) is 16.7 Å². The van der Waals surface area contributed by atoms with E-state index in [1.165, 1.54) is 35.2 Å². The van der Waals surface area contributed by atoms with Gasteiger partial charge in [0.25, 0.3) is 0 Å². The highest BCUT2D eigenvalue weighted by Gasteiger charge is 2.64. The minimum atomic E-state index is -4.78. The molecule has 0 amide bonds. The summed E-state index contributed by atoms with van der Waals surface area (Å²) >= 11 is 0. The molecule has 1 saturated heterocycles. The Hall–Kier alpha value is -4.43. The minimum absolute atomic E-state index is 0.0635. The van der Waals surface area contributed by atoms with Gasteiger partial charge in [-0.05, 0) is 53.1 Å². The Bertz CT molecular complexity index is 1450. The molecule has 4 nitrogen and oxygen atoms in total. The normalized spacial score (nSPS) is 21.7. The van der Waals surface area contributed by atoms with E-state index in [0.29, 0.717) is 11.1 Å². The summed E-state index contributed by atoms with van der Waals surface area (Å²) in [6.07, 6.45) is -1.53. The molecule has 3 aromatic carbocycles. The quantitative estimate of drug-likeness (QED) is 0.323. The molecule has 0 aliphatic carbocycles. The molecule has 3 atom stereocenters. The summed E-state index contributed by atoms with van der Waals surface area (Å²) in [6.45, 7) is 0. The van der Waals surface area contributed by atoms with Gasteiger partial charge in [0.1, 0.15) is 11.9 Å². The van der Waals surface area contributed by atoms with Crippen LogP contribution >= 0.6 is 0 Å². The number of rotatable bonds is 3. The molecule has 0 N–H and O–H groups in total. The number of halogens is 4. The summed E-state index contributed by atoms with van der Waals surface area (Å²) in [5.74, 6) is -2.65. The first-order valence-corrected chi connectivity index (χ1v) is 11.1.